The van der Waals surface area contributed by atoms with Crippen LogP contribution in [0.4, 0.5) is 0 Å². The van der Waals surface area contributed by atoms with Crippen LogP contribution in [0.5, 0.6) is 0 Å². The average molecular weight is 312 g/mol. The molecule has 0 bridgehead atoms. The van der Waals surface area contributed by atoms with Crippen molar-refractivity contribution in [2.24, 2.45) is 0 Å². The van der Waals surface area contributed by atoms with E-state index in [0.29, 0.717) is 5.56 Å². The molecule has 23 heavy (non-hydrogen) atoms. The highest BCUT2D eigenvalue weighted by atomic mass is 16.2. The Labute approximate surface area is 135 Å². The molecular formula is C16H20N6O. The van der Waals surface area contributed by atoms with E-state index < -0.39 is 0 Å². The molecule has 1 unspecified atom stereocenters. The molecule has 0 radical (unpaired) electrons. The second-order valence-corrected chi connectivity index (χ2v) is 5.96. The monoisotopic (exact) mass is 312 g/mol. The van der Waals surface area contributed by atoms with Crippen molar-refractivity contribution in [1.29, 1.82) is 0 Å². The molecule has 0 N–H and O–H groups in total. The quantitative estimate of drug-likeness (QED) is 0.847. The molecule has 0 aromatic carbocycles. The summed E-state index contributed by atoms with van der Waals surface area (Å²) in [6.07, 6.45) is 8.46. The summed E-state index contributed by atoms with van der Waals surface area (Å²) in [5, 5.41) is 7.51. The molecule has 1 aliphatic heterocycles. The summed E-state index contributed by atoms with van der Waals surface area (Å²) in [6.45, 7) is 1.46. The first-order valence-electron chi connectivity index (χ1n) is 7.68. The normalized spacial score (nSPS) is 17.7. The molecule has 2 aromatic rings. The Balaban J connectivity index is 1.83. The van der Waals surface area contributed by atoms with Crippen LogP contribution >= 0.6 is 0 Å². The van der Waals surface area contributed by atoms with Gasteiger partial charge in [0.25, 0.3) is 5.91 Å². The molecule has 3 heterocycles. The highest BCUT2D eigenvalue weighted by molar-refractivity contribution is 5.94. The Bertz CT molecular complexity index is 675. The molecule has 1 amide bonds. The predicted octanol–water partition coefficient (Wildman–Crippen LogP) is 1.31. The van der Waals surface area contributed by atoms with Crippen LogP contribution in [0, 0.1) is 0 Å². The molecule has 2 aromatic heterocycles. The Kier molecular flexibility index (Phi) is 4.57. The number of carbonyl (C=O) groups excluding carboxylic acids is 1. The zero-order valence-corrected chi connectivity index (χ0v) is 13.4. The maximum atomic E-state index is 12.7. The first kappa shape index (κ1) is 15.5. The van der Waals surface area contributed by atoms with E-state index in [1.165, 1.54) is 12.4 Å². The maximum absolute atomic E-state index is 12.7. The van der Waals surface area contributed by atoms with Gasteiger partial charge in [0.05, 0.1) is 41.6 Å². The summed E-state index contributed by atoms with van der Waals surface area (Å²) in [7, 11) is 3.99. The smallest absolute Gasteiger partial charge is 0.256 e. The minimum absolute atomic E-state index is 0.0229. The molecular weight excluding hydrogens is 292 g/mol. The molecule has 1 aliphatic rings. The van der Waals surface area contributed by atoms with Gasteiger partial charge < -0.3 is 9.80 Å². The second-order valence-electron chi connectivity index (χ2n) is 5.96. The van der Waals surface area contributed by atoms with Crippen LogP contribution in [-0.4, -0.2) is 56.5 Å². The van der Waals surface area contributed by atoms with Gasteiger partial charge in [-0.05, 0) is 33.0 Å². The highest BCUT2D eigenvalue weighted by Gasteiger charge is 2.32. The molecule has 3 rings (SSSR count). The van der Waals surface area contributed by atoms with E-state index in [-0.39, 0.29) is 11.9 Å². The third-order valence-electron chi connectivity index (χ3n) is 3.87. The number of aromatic nitrogens is 4. The van der Waals surface area contributed by atoms with Gasteiger partial charge in [-0.1, -0.05) is 0 Å². The summed E-state index contributed by atoms with van der Waals surface area (Å²) >= 11 is 0. The van der Waals surface area contributed by atoms with Crippen molar-refractivity contribution in [3.63, 3.8) is 0 Å². The zero-order valence-electron chi connectivity index (χ0n) is 13.4. The summed E-state index contributed by atoms with van der Waals surface area (Å²) in [5.74, 6) is -0.0257. The molecule has 0 spiro atoms. The molecule has 7 nitrogen and oxygen atoms in total. The fourth-order valence-corrected chi connectivity index (χ4v) is 2.88. The van der Waals surface area contributed by atoms with Crippen LogP contribution in [0.1, 0.15) is 40.6 Å². The van der Waals surface area contributed by atoms with Crippen LogP contribution in [0.3, 0.4) is 0 Å². The van der Waals surface area contributed by atoms with Gasteiger partial charge in [-0.15, -0.1) is 0 Å². The summed E-state index contributed by atoms with van der Waals surface area (Å²) in [6, 6.07) is 1.67. The molecule has 7 heteroatoms. The lowest BCUT2D eigenvalue weighted by Gasteiger charge is -2.24. The van der Waals surface area contributed by atoms with Crippen LogP contribution in [0.15, 0.2) is 30.9 Å². The van der Waals surface area contributed by atoms with E-state index in [2.05, 4.69) is 15.2 Å². The molecule has 0 saturated carbocycles. The number of amides is 1. The number of likely N-dealkylation sites (tertiary alicyclic amines) is 1. The van der Waals surface area contributed by atoms with Gasteiger partial charge in [-0.25, -0.2) is 0 Å². The highest BCUT2D eigenvalue weighted by Crippen LogP contribution is 2.31. The Morgan fingerprint density at radius 2 is 2.17 bits per heavy atom. The van der Waals surface area contributed by atoms with Gasteiger partial charge in [0.1, 0.15) is 0 Å². The first-order valence-corrected chi connectivity index (χ1v) is 7.68. The lowest BCUT2D eigenvalue weighted by Crippen LogP contribution is -2.31. The molecule has 0 aliphatic carbocycles. The lowest BCUT2D eigenvalue weighted by atomic mass is 10.1. The number of hydrogen-bond donors (Lipinski definition) is 0. The standard InChI is InChI=1S/C16H20N6O/c1-21(2)11-13-9-17-10-14(20-13)15-4-3-7-22(15)16(23)12-5-6-18-19-8-12/h5-6,8-10,15H,3-4,7,11H2,1-2H3. The van der Waals surface area contributed by atoms with Crippen molar-refractivity contribution in [2.45, 2.75) is 25.4 Å². The Morgan fingerprint density at radius 3 is 2.91 bits per heavy atom. The average Bonchev–Trinajstić information content (AvgIpc) is 3.04. The lowest BCUT2D eigenvalue weighted by molar-refractivity contribution is 0.0731. The number of nitrogens with zero attached hydrogens (tertiary/aromatic N) is 6. The van der Waals surface area contributed by atoms with E-state index in [1.54, 1.807) is 18.5 Å². The molecule has 1 atom stereocenters. The van der Waals surface area contributed by atoms with Crippen LogP contribution in [0.2, 0.25) is 0 Å². The summed E-state index contributed by atoms with van der Waals surface area (Å²) < 4.78 is 0. The van der Waals surface area contributed by atoms with Gasteiger partial charge in [-0.3, -0.25) is 14.8 Å². The third-order valence-corrected chi connectivity index (χ3v) is 3.87. The van der Waals surface area contributed by atoms with Gasteiger partial charge in [0.2, 0.25) is 0 Å². The van der Waals surface area contributed by atoms with Gasteiger partial charge in [0.15, 0.2) is 0 Å². The fraction of sp³-hybridized carbons (Fsp3) is 0.438. The Hall–Kier alpha value is -2.41. The van der Waals surface area contributed by atoms with Crippen molar-refractivity contribution in [1.82, 2.24) is 30.0 Å². The minimum atomic E-state index is -0.0257. The van der Waals surface area contributed by atoms with Crippen molar-refractivity contribution >= 4 is 5.91 Å². The minimum Gasteiger partial charge on any atom is -0.330 e. The van der Waals surface area contributed by atoms with Gasteiger partial charge >= 0.3 is 0 Å². The van der Waals surface area contributed by atoms with E-state index >= 15 is 0 Å². The van der Waals surface area contributed by atoms with Crippen LogP contribution in [0.25, 0.3) is 0 Å². The predicted molar refractivity (Wildman–Crippen MR) is 84.5 cm³/mol. The maximum Gasteiger partial charge on any atom is 0.256 e. The largest absolute Gasteiger partial charge is 0.330 e. The zero-order chi connectivity index (χ0) is 16.2. The van der Waals surface area contributed by atoms with Crippen molar-refractivity contribution < 1.29 is 4.79 Å². The second kappa shape index (κ2) is 6.78. The van der Waals surface area contributed by atoms with Gasteiger partial charge in [-0.2, -0.15) is 10.2 Å². The van der Waals surface area contributed by atoms with Crippen molar-refractivity contribution in [3.05, 3.63) is 47.8 Å². The first-order chi connectivity index (χ1) is 11.1. The topological polar surface area (TPSA) is 75.1 Å². The van der Waals surface area contributed by atoms with Crippen molar-refractivity contribution in [3.8, 4) is 0 Å². The Morgan fingerprint density at radius 1 is 1.30 bits per heavy atom. The van der Waals surface area contributed by atoms with Crippen molar-refractivity contribution in [2.75, 3.05) is 20.6 Å². The fourth-order valence-electron chi connectivity index (χ4n) is 2.88. The number of hydrogen-bond acceptors (Lipinski definition) is 6. The van der Waals surface area contributed by atoms with Crippen LogP contribution < -0.4 is 0 Å². The summed E-state index contributed by atoms with van der Waals surface area (Å²) in [4.78, 5) is 25.6. The SMILES string of the molecule is CN(C)Cc1cncc(C2CCCN2C(=O)c2ccnnc2)n1. The molecule has 1 saturated heterocycles. The van der Waals surface area contributed by atoms with E-state index in [1.807, 2.05) is 23.9 Å². The van der Waals surface area contributed by atoms with Crippen LogP contribution in [-0.2, 0) is 6.54 Å². The third kappa shape index (κ3) is 3.50. The van der Waals surface area contributed by atoms with E-state index in [4.69, 9.17) is 4.98 Å². The molecule has 1 fully saturated rings. The molecule has 120 valence electrons. The number of rotatable bonds is 4. The van der Waals surface area contributed by atoms with E-state index in [0.717, 1.165) is 37.3 Å². The van der Waals surface area contributed by atoms with Gasteiger partial charge in [0, 0.05) is 19.3 Å². The number of carbonyl (C=O) groups is 1. The van der Waals surface area contributed by atoms with E-state index in [9.17, 15) is 4.79 Å². The summed E-state index contributed by atoms with van der Waals surface area (Å²) in [5.41, 5.74) is 2.33.